The molecule has 4 aromatic rings. The van der Waals surface area contributed by atoms with Crippen LogP contribution in [0.4, 0.5) is 10.3 Å². The van der Waals surface area contributed by atoms with Crippen LogP contribution in [-0.4, -0.2) is 20.7 Å². The Labute approximate surface area is 164 Å². The summed E-state index contributed by atoms with van der Waals surface area (Å²) in [5, 5.41) is 7.86. The van der Waals surface area contributed by atoms with Gasteiger partial charge in [-0.25, -0.2) is 4.39 Å². The van der Waals surface area contributed by atoms with Crippen LogP contribution in [-0.2, 0) is 6.54 Å². The van der Waals surface area contributed by atoms with Crippen molar-refractivity contribution in [1.82, 2.24) is 14.8 Å². The fraction of sp³-hybridized carbons (Fsp3) is 0.0500. The molecule has 0 atom stereocenters. The highest BCUT2D eigenvalue weighted by Gasteiger charge is 2.21. The van der Waals surface area contributed by atoms with Gasteiger partial charge in [-0.2, -0.15) is 9.67 Å². The van der Waals surface area contributed by atoms with Crippen LogP contribution in [0.3, 0.4) is 0 Å². The second kappa shape index (κ2) is 7.66. The van der Waals surface area contributed by atoms with Crippen molar-refractivity contribution in [2.75, 3.05) is 5.32 Å². The third-order valence-corrected chi connectivity index (χ3v) is 4.22. The molecule has 4 rings (SSSR count). The summed E-state index contributed by atoms with van der Waals surface area (Å²) < 4.78 is 20.4. The molecule has 0 radical (unpaired) electrons. The van der Waals surface area contributed by atoms with Crippen molar-refractivity contribution in [3.63, 3.8) is 0 Å². The van der Waals surface area contributed by atoms with Gasteiger partial charge in [0.05, 0.1) is 11.8 Å². The van der Waals surface area contributed by atoms with Gasteiger partial charge in [0.15, 0.2) is 5.76 Å². The zero-order valence-corrected chi connectivity index (χ0v) is 15.2. The Morgan fingerprint density at radius 3 is 2.75 bits per heavy atom. The Kier molecular flexibility index (Phi) is 4.90. The molecular weight excluding hydrogens is 383 g/mol. The summed E-state index contributed by atoms with van der Waals surface area (Å²) in [7, 11) is 0. The molecule has 140 valence electrons. The van der Waals surface area contributed by atoms with E-state index in [-0.39, 0.29) is 17.3 Å². The Bertz CT molecular complexity index is 1120. The zero-order valence-electron chi connectivity index (χ0n) is 14.5. The number of halogens is 2. The number of nitrogens with zero attached hydrogens (tertiary/aromatic N) is 3. The van der Waals surface area contributed by atoms with E-state index in [2.05, 4.69) is 15.4 Å². The molecule has 28 heavy (non-hydrogen) atoms. The molecule has 1 N–H and O–H groups in total. The first-order chi connectivity index (χ1) is 13.6. The van der Waals surface area contributed by atoms with E-state index < -0.39 is 11.7 Å². The highest BCUT2D eigenvalue weighted by molar-refractivity contribution is 6.30. The maximum absolute atomic E-state index is 14.1. The number of hydrogen-bond acceptors (Lipinski definition) is 5. The maximum atomic E-state index is 14.1. The third kappa shape index (κ3) is 3.65. The average Bonchev–Trinajstić information content (AvgIpc) is 3.36. The maximum Gasteiger partial charge on any atom is 0.284 e. The van der Waals surface area contributed by atoms with Gasteiger partial charge in [0, 0.05) is 11.6 Å². The standard InChI is InChI=1S/C20H14ClFN4O2/c21-14-6-3-5-13(11-14)12-23-20-24-18(17-9-4-10-28-17)25-26(20)19(27)15-7-1-2-8-16(15)22/h1-11H,12H2,(H,23,24,25). The molecular formula is C20H14ClFN4O2. The van der Waals surface area contributed by atoms with Crippen molar-refractivity contribution in [2.24, 2.45) is 0 Å². The molecule has 2 heterocycles. The molecule has 6 nitrogen and oxygen atoms in total. The molecule has 0 bridgehead atoms. The minimum Gasteiger partial charge on any atom is -0.461 e. The van der Waals surface area contributed by atoms with E-state index in [1.54, 1.807) is 30.3 Å². The van der Waals surface area contributed by atoms with Crippen molar-refractivity contribution in [3.05, 3.63) is 88.9 Å². The number of carbonyl (C=O) groups is 1. The Morgan fingerprint density at radius 1 is 1.14 bits per heavy atom. The van der Waals surface area contributed by atoms with Gasteiger partial charge in [-0.3, -0.25) is 4.79 Å². The molecule has 0 aliphatic rings. The second-order valence-corrected chi connectivity index (χ2v) is 6.35. The number of furan rings is 1. The first kappa shape index (κ1) is 17.9. The highest BCUT2D eigenvalue weighted by atomic mass is 35.5. The van der Waals surface area contributed by atoms with Gasteiger partial charge in [0.25, 0.3) is 5.91 Å². The van der Waals surface area contributed by atoms with Crippen LogP contribution >= 0.6 is 11.6 Å². The zero-order chi connectivity index (χ0) is 19.5. The lowest BCUT2D eigenvalue weighted by molar-refractivity contribution is 0.0943. The average molecular weight is 397 g/mol. The fourth-order valence-corrected chi connectivity index (χ4v) is 2.87. The van der Waals surface area contributed by atoms with Crippen LogP contribution in [0.1, 0.15) is 15.9 Å². The van der Waals surface area contributed by atoms with Gasteiger partial charge in [-0.05, 0) is 42.0 Å². The molecule has 0 saturated carbocycles. The quantitative estimate of drug-likeness (QED) is 0.532. The van der Waals surface area contributed by atoms with E-state index in [4.69, 9.17) is 16.0 Å². The molecule has 0 aliphatic carbocycles. The summed E-state index contributed by atoms with van der Waals surface area (Å²) in [4.78, 5) is 17.2. The Morgan fingerprint density at radius 2 is 2.00 bits per heavy atom. The number of aromatic nitrogens is 3. The molecule has 8 heteroatoms. The summed E-state index contributed by atoms with van der Waals surface area (Å²) in [6.07, 6.45) is 1.48. The number of nitrogens with one attached hydrogen (secondary N) is 1. The number of carbonyl (C=O) groups excluding carboxylic acids is 1. The van der Waals surface area contributed by atoms with E-state index in [9.17, 15) is 9.18 Å². The normalized spacial score (nSPS) is 10.8. The highest BCUT2D eigenvalue weighted by Crippen LogP contribution is 2.21. The Balaban J connectivity index is 1.69. The van der Waals surface area contributed by atoms with Crippen molar-refractivity contribution in [3.8, 4) is 11.6 Å². The van der Waals surface area contributed by atoms with Gasteiger partial charge in [0.2, 0.25) is 11.8 Å². The number of benzene rings is 2. The monoisotopic (exact) mass is 396 g/mol. The summed E-state index contributed by atoms with van der Waals surface area (Å²) in [6.45, 7) is 0.349. The van der Waals surface area contributed by atoms with Crippen molar-refractivity contribution in [2.45, 2.75) is 6.54 Å². The van der Waals surface area contributed by atoms with E-state index in [1.807, 2.05) is 12.1 Å². The van der Waals surface area contributed by atoms with Gasteiger partial charge in [-0.15, -0.1) is 5.10 Å². The van der Waals surface area contributed by atoms with Crippen LogP contribution in [0.25, 0.3) is 11.6 Å². The van der Waals surface area contributed by atoms with Crippen LogP contribution in [0, 0.1) is 5.82 Å². The van der Waals surface area contributed by atoms with E-state index in [1.165, 1.54) is 24.5 Å². The Hall–Kier alpha value is -3.45. The van der Waals surface area contributed by atoms with Crippen molar-refractivity contribution < 1.29 is 13.6 Å². The molecule has 0 spiro atoms. The van der Waals surface area contributed by atoms with Gasteiger partial charge >= 0.3 is 0 Å². The first-order valence-corrected chi connectivity index (χ1v) is 8.78. The minimum atomic E-state index is -0.642. The van der Waals surface area contributed by atoms with Gasteiger partial charge in [0.1, 0.15) is 5.82 Å². The number of rotatable bonds is 5. The molecule has 0 fully saturated rings. The number of hydrogen-bond donors (Lipinski definition) is 1. The van der Waals surface area contributed by atoms with Gasteiger partial charge < -0.3 is 9.73 Å². The largest absolute Gasteiger partial charge is 0.461 e. The van der Waals surface area contributed by atoms with E-state index >= 15 is 0 Å². The molecule has 2 aromatic heterocycles. The van der Waals surface area contributed by atoms with Crippen LogP contribution in [0.15, 0.2) is 71.3 Å². The van der Waals surface area contributed by atoms with Crippen molar-refractivity contribution in [1.29, 1.82) is 0 Å². The predicted molar refractivity (Wildman–Crippen MR) is 103 cm³/mol. The second-order valence-electron chi connectivity index (χ2n) is 5.92. The molecule has 2 aromatic carbocycles. The lowest BCUT2D eigenvalue weighted by Gasteiger charge is -2.08. The predicted octanol–water partition coefficient (Wildman–Crippen LogP) is 4.63. The van der Waals surface area contributed by atoms with Crippen LogP contribution in [0.2, 0.25) is 5.02 Å². The smallest absolute Gasteiger partial charge is 0.284 e. The van der Waals surface area contributed by atoms with Gasteiger partial charge in [-0.1, -0.05) is 35.9 Å². The van der Waals surface area contributed by atoms with Crippen LogP contribution < -0.4 is 5.32 Å². The summed E-state index contributed by atoms with van der Waals surface area (Å²) in [5.41, 5.74) is 0.782. The van der Waals surface area contributed by atoms with Crippen LogP contribution in [0.5, 0.6) is 0 Å². The third-order valence-electron chi connectivity index (χ3n) is 3.99. The SMILES string of the molecule is O=C(c1ccccc1F)n1nc(-c2ccco2)nc1NCc1cccc(Cl)c1. The van der Waals surface area contributed by atoms with E-state index in [0.29, 0.717) is 17.3 Å². The summed E-state index contributed by atoms with van der Waals surface area (Å²) in [5.74, 6) is -0.505. The number of anilines is 1. The molecule has 0 unspecified atom stereocenters. The molecule has 0 aliphatic heterocycles. The lowest BCUT2D eigenvalue weighted by atomic mass is 10.2. The lowest BCUT2D eigenvalue weighted by Crippen LogP contribution is -2.18. The topological polar surface area (TPSA) is 73.0 Å². The fourth-order valence-electron chi connectivity index (χ4n) is 2.66. The summed E-state index contributed by atoms with van der Waals surface area (Å²) >= 11 is 6.01. The van der Waals surface area contributed by atoms with E-state index in [0.717, 1.165) is 10.2 Å². The first-order valence-electron chi connectivity index (χ1n) is 8.40. The summed E-state index contributed by atoms with van der Waals surface area (Å²) in [6, 6.07) is 16.3. The minimum absolute atomic E-state index is 0.107. The molecule has 0 saturated heterocycles. The van der Waals surface area contributed by atoms with Crippen molar-refractivity contribution >= 4 is 23.5 Å². The molecule has 0 amide bonds.